The van der Waals surface area contributed by atoms with Gasteiger partial charge in [0.1, 0.15) is 5.58 Å². The number of nitrogens with one attached hydrogen (secondary N) is 1. The van der Waals surface area contributed by atoms with Crippen LogP contribution in [-0.4, -0.2) is 12.5 Å². The monoisotopic (exact) mass is 343 g/mol. The third kappa shape index (κ3) is 3.61. The van der Waals surface area contributed by atoms with Gasteiger partial charge in [0.25, 0.3) is 5.91 Å². The van der Waals surface area contributed by atoms with Crippen LogP contribution >= 0.6 is 11.6 Å². The van der Waals surface area contributed by atoms with Gasteiger partial charge in [0, 0.05) is 29.1 Å². The van der Waals surface area contributed by atoms with E-state index >= 15 is 0 Å². The van der Waals surface area contributed by atoms with Crippen LogP contribution in [0.25, 0.3) is 11.0 Å². The number of halogens is 1. The van der Waals surface area contributed by atoms with E-state index in [9.17, 15) is 4.79 Å². The van der Waals surface area contributed by atoms with Crippen LogP contribution in [0.5, 0.6) is 0 Å². The summed E-state index contributed by atoms with van der Waals surface area (Å²) in [6, 6.07) is 14.9. The topological polar surface area (TPSA) is 51.5 Å². The average molecular weight is 344 g/mol. The predicted molar refractivity (Wildman–Crippen MR) is 94.2 cm³/mol. The molecule has 0 aliphatic heterocycles. The highest BCUT2D eigenvalue weighted by Gasteiger charge is 2.20. The standard InChI is InChI=1S/C19H18ClNO3/c1-2-23-12-16-15-5-3-4-6-17(15)24-18(16)19(22)21-11-13-7-9-14(20)10-8-13/h3-10H,2,11-12H2,1H3,(H,21,22). The highest BCUT2D eigenvalue weighted by Crippen LogP contribution is 2.26. The number of hydrogen-bond acceptors (Lipinski definition) is 3. The van der Waals surface area contributed by atoms with Gasteiger partial charge in [-0.25, -0.2) is 0 Å². The Morgan fingerprint density at radius 3 is 2.67 bits per heavy atom. The van der Waals surface area contributed by atoms with Crippen LogP contribution in [0.15, 0.2) is 52.9 Å². The Kier molecular flexibility index (Phi) is 5.18. The van der Waals surface area contributed by atoms with E-state index in [1.807, 2.05) is 43.3 Å². The summed E-state index contributed by atoms with van der Waals surface area (Å²) in [4.78, 5) is 12.6. The van der Waals surface area contributed by atoms with Gasteiger partial charge in [-0.3, -0.25) is 4.79 Å². The smallest absolute Gasteiger partial charge is 0.287 e. The first kappa shape index (κ1) is 16.6. The SMILES string of the molecule is CCOCc1c(C(=O)NCc2ccc(Cl)cc2)oc2ccccc12. The predicted octanol–water partition coefficient (Wildman–Crippen LogP) is 4.55. The third-order valence-electron chi connectivity index (χ3n) is 3.72. The van der Waals surface area contributed by atoms with Crippen molar-refractivity contribution in [2.24, 2.45) is 0 Å². The fourth-order valence-electron chi connectivity index (χ4n) is 2.49. The first-order chi connectivity index (χ1) is 11.7. The Balaban J connectivity index is 1.81. The van der Waals surface area contributed by atoms with E-state index in [1.54, 1.807) is 12.1 Å². The molecular weight excluding hydrogens is 326 g/mol. The van der Waals surface area contributed by atoms with Crippen LogP contribution < -0.4 is 5.32 Å². The van der Waals surface area contributed by atoms with Crippen molar-refractivity contribution in [3.05, 3.63) is 70.4 Å². The lowest BCUT2D eigenvalue weighted by molar-refractivity contribution is 0.0912. The van der Waals surface area contributed by atoms with Crippen molar-refractivity contribution in [1.29, 1.82) is 0 Å². The number of hydrogen-bond donors (Lipinski definition) is 1. The second kappa shape index (κ2) is 7.51. The van der Waals surface area contributed by atoms with Gasteiger partial charge in [0.05, 0.1) is 6.61 Å². The summed E-state index contributed by atoms with van der Waals surface area (Å²) in [5, 5.41) is 4.45. The molecule has 0 spiro atoms. The summed E-state index contributed by atoms with van der Waals surface area (Å²) in [7, 11) is 0. The van der Waals surface area contributed by atoms with E-state index < -0.39 is 0 Å². The van der Waals surface area contributed by atoms with Gasteiger partial charge in [-0.2, -0.15) is 0 Å². The molecule has 3 rings (SSSR count). The van der Waals surface area contributed by atoms with Crippen LogP contribution in [0.2, 0.25) is 5.02 Å². The molecule has 24 heavy (non-hydrogen) atoms. The molecule has 1 amide bonds. The molecule has 5 heteroatoms. The summed E-state index contributed by atoms with van der Waals surface area (Å²) in [6.45, 7) is 3.24. The number of carbonyl (C=O) groups is 1. The van der Waals surface area contributed by atoms with Crippen LogP contribution in [-0.2, 0) is 17.9 Å². The molecule has 1 aromatic heterocycles. The Morgan fingerprint density at radius 1 is 1.17 bits per heavy atom. The maximum atomic E-state index is 12.6. The molecule has 124 valence electrons. The second-order valence-electron chi connectivity index (χ2n) is 5.35. The number of ether oxygens (including phenoxy) is 1. The average Bonchev–Trinajstić information content (AvgIpc) is 2.98. The van der Waals surface area contributed by atoms with Crippen LogP contribution in [0.3, 0.4) is 0 Å². The molecule has 0 radical (unpaired) electrons. The molecular formula is C19H18ClNO3. The minimum atomic E-state index is -0.254. The maximum Gasteiger partial charge on any atom is 0.287 e. The number of furan rings is 1. The van der Waals surface area contributed by atoms with Crippen LogP contribution in [0.4, 0.5) is 0 Å². The number of fused-ring (bicyclic) bond motifs is 1. The summed E-state index contributed by atoms with van der Waals surface area (Å²) in [5.41, 5.74) is 2.43. The minimum Gasteiger partial charge on any atom is -0.451 e. The maximum absolute atomic E-state index is 12.6. The van der Waals surface area contributed by atoms with Crippen LogP contribution in [0.1, 0.15) is 28.6 Å². The molecule has 0 unspecified atom stereocenters. The lowest BCUT2D eigenvalue weighted by atomic mass is 10.1. The first-order valence-electron chi connectivity index (χ1n) is 7.80. The molecule has 3 aromatic rings. The minimum absolute atomic E-state index is 0.254. The molecule has 1 N–H and O–H groups in total. The normalized spacial score (nSPS) is 10.9. The van der Waals surface area contributed by atoms with Crippen molar-refractivity contribution >= 4 is 28.5 Å². The lowest BCUT2D eigenvalue weighted by Gasteiger charge is -2.06. The highest BCUT2D eigenvalue weighted by atomic mass is 35.5. The molecule has 0 atom stereocenters. The Hall–Kier alpha value is -2.30. The van der Waals surface area contributed by atoms with Crippen molar-refractivity contribution in [1.82, 2.24) is 5.32 Å². The summed E-state index contributed by atoms with van der Waals surface area (Å²) in [5.74, 6) is 0.0504. The van der Waals surface area contributed by atoms with Crippen molar-refractivity contribution in [2.45, 2.75) is 20.1 Å². The number of para-hydroxylation sites is 1. The zero-order valence-corrected chi connectivity index (χ0v) is 14.1. The number of rotatable bonds is 6. The quantitative estimate of drug-likeness (QED) is 0.714. The molecule has 4 nitrogen and oxygen atoms in total. The molecule has 1 heterocycles. The van der Waals surface area contributed by atoms with E-state index in [2.05, 4.69) is 5.32 Å². The highest BCUT2D eigenvalue weighted by molar-refractivity contribution is 6.30. The molecule has 0 aliphatic carbocycles. The number of carbonyl (C=O) groups excluding carboxylic acids is 1. The Bertz CT molecular complexity index is 839. The van der Waals surface area contributed by atoms with Crippen molar-refractivity contribution < 1.29 is 13.9 Å². The molecule has 0 fully saturated rings. The van der Waals surface area contributed by atoms with Gasteiger partial charge in [0.15, 0.2) is 5.76 Å². The third-order valence-corrected chi connectivity index (χ3v) is 3.97. The largest absolute Gasteiger partial charge is 0.451 e. The number of benzene rings is 2. The van der Waals surface area contributed by atoms with Crippen LogP contribution in [0, 0.1) is 0 Å². The number of amides is 1. The first-order valence-corrected chi connectivity index (χ1v) is 8.17. The zero-order chi connectivity index (χ0) is 16.9. The lowest BCUT2D eigenvalue weighted by Crippen LogP contribution is -2.23. The van der Waals surface area contributed by atoms with Gasteiger partial charge >= 0.3 is 0 Å². The van der Waals surface area contributed by atoms with Gasteiger partial charge in [-0.05, 0) is 30.7 Å². The van der Waals surface area contributed by atoms with Crippen molar-refractivity contribution in [3.8, 4) is 0 Å². The fourth-order valence-corrected chi connectivity index (χ4v) is 2.62. The van der Waals surface area contributed by atoms with E-state index in [1.165, 1.54) is 0 Å². The zero-order valence-electron chi connectivity index (χ0n) is 13.3. The van der Waals surface area contributed by atoms with Crippen molar-refractivity contribution in [2.75, 3.05) is 6.61 Å². The Morgan fingerprint density at radius 2 is 1.92 bits per heavy atom. The van der Waals surface area contributed by atoms with Crippen molar-refractivity contribution in [3.63, 3.8) is 0 Å². The molecule has 0 saturated carbocycles. The molecule has 0 saturated heterocycles. The second-order valence-corrected chi connectivity index (χ2v) is 5.79. The Labute approximate surface area is 145 Å². The molecule has 2 aromatic carbocycles. The fraction of sp³-hybridized carbons (Fsp3) is 0.211. The van der Waals surface area contributed by atoms with E-state index in [0.717, 1.165) is 16.5 Å². The van der Waals surface area contributed by atoms with E-state index in [0.29, 0.717) is 36.1 Å². The van der Waals surface area contributed by atoms with E-state index in [-0.39, 0.29) is 5.91 Å². The summed E-state index contributed by atoms with van der Waals surface area (Å²) >= 11 is 5.87. The van der Waals surface area contributed by atoms with E-state index in [4.69, 9.17) is 20.8 Å². The van der Waals surface area contributed by atoms with Gasteiger partial charge in [0.2, 0.25) is 0 Å². The molecule has 0 bridgehead atoms. The summed E-state index contributed by atoms with van der Waals surface area (Å²) < 4.78 is 11.3. The van der Waals surface area contributed by atoms with Gasteiger partial charge in [-0.15, -0.1) is 0 Å². The molecule has 0 aliphatic rings. The summed E-state index contributed by atoms with van der Waals surface area (Å²) in [6.07, 6.45) is 0. The van der Waals surface area contributed by atoms with Gasteiger partial charge < -0.3 is 14.5 Å². The van der Waals surface area contributed by atoms with Gasteiger partial charge in [-0.1, -0.05) is 41.9 Å².